The number of likely N-dealkylation sites (tertiary alicyclic amines) is 1. The number of halogens is 1. The van der Waals surface area contributed by atoms with Crippen molar-refractivity contribution in [1.82, 2.24) is 4.90 Å². The Labute approximate surface area is 163 Å². The fourth-order valence-electron chi connectivity index (χ4n) is 2.86. The summed E-state index contributed by atoms with van der Waals surface area (Å²) >= 11 is 5.96. The van der Waals surface area contributed by atoms with E-state index in [0.717, 1.165) is 12.8 Å². The minimum absolute atomic E-state index is 0.0680. The topological polar surface area (TPSA) is 91.7 Å². The lowest BCUT2D eigenvalue weighted by atomic mass is 9.98. The van der Waals surface area contributed by atoms with Gasteiger partial charge in [0, 0.05) is 24.3 Å². The number of hydrogen-bond donors (Lipinski definition) is 1. The number of piperidine rings is 1. The van der Waals surface area contributed by atoms with Crippen molar-refractivity contribution >= 4 is 29.2 Å². The van der Waals surface area contributed by atoms with E-state index in [1.165, 1.54) is 13.3 Å². The van der Waals surface area contributed by atoms with Crippen LogP contribution in [0.3, 0.4) is 0 Å². The molecule has 0 saturated carbocycles. The van der Waals surface area contributed by atoms with Gasteiger partial charge in [0.2, 0.25) is 0 Å². The van der Waals surface area contributed by atoms with E-state index >= 15 is 0 Å². The van der Waals surface area contributed by atoms with Crippen LogP contribution in [-0.2, 0) is 14.3 Å². The predicted octanol–water partition coefficient (Wildman–Crippen LogP) is 2.97. The third-order valence-electron chi connectivity index (χ3n) is 4.16. The number of esters is 1. The van der Waals surface area contributed by atoms with Crippen molar-refractivity contribution in [3.63, 3.8) is 0 Å². The first kappa shape index (κ1) is 20.6. The number of hydrogen-bond acceptors (Lipinski definition) is 6. The zero-order chi connectivity index (χ0) is 19.8. The molecule has 1 aliphatic rings. The van der Waals surface area contributed by atoms with Crippen LogP contribution >= 0.6 is 11.6 Å². The molecule has 1 atom stereocenters. The molecule has 1 saturated heterocycles. The number of carbonyl (C=O) groups is 2. The fourth-order valence-corrected chi connectivity index (χ4v) is 3.04. The lowest BCUT2D eigenvalue weighted by Crippen LogP contribution is -2.37. The highest BCUT2D eigenvalue weighted by Gasteiger charge is 2.26. The Balaban J connectivity index is 2.11. The molecule has 0 bridgehead atoms. The molecule has 7 nitrogen and oxygen atoms in total. The second-order valence-electron chi connectivity index (χ2n) is 6.04. The molecule has 8 heteroatoms. The molecule has 1 N–H and O–H groups in total. The lowest BCUT2D eigenvalue weighted by Gasteiger charge is -2.30. The summed E-state index contributed by atoms with van der Waals surface area (Å²) in [5.74, 6) is -0.644. The quantitative estimate of drug-likeness (QED) is 0.455. The van der Waals surface area contributed by atoms with Crippen LogP contribution in [0.25, 0.3) is 0 Å². The zero-order valence-electron chi connectivity index (χ0n) is 15.3. The lowest BCUT2D eigenvalue weighted by molar-refractivity contribution is -0.149. The third kappa shape index (κ3) is 5.63. The second kappa shape index (κ2) is 9.83. The molecule has 144 valence electrons. The van der Waals surface area contributed by atoms with Gasteiger partial charge < -0.3 is 19.7 Å². The predicted molar refractivity (Wildman–Crippen MR) is 101 cm³/mol. The summed E-state index contributed by atoms with van der Waals surface area (Å²) in [5, 5.41) is 12.5. The van der Waals surface area contributed by atoms with Gasteiger partial charge in [0.05, 0.1) is 25.3 Å². The molecule has 2 rings (SSSR count). The molecular weight excluding hydrogens is 370 g/mol. The molecule has 1 heterocycles. The van der Waals surface area contributed by atoms with Gasteiger partial charge in [-0.15, -0.1) is 0 Å². The van der Waals surface area contributed by atoms with Gasteiger partial charge in [-0.1, -0.05) is 11.6 Å². The monoisotopic (exact) mass is 391 g/mol. The van der Waals surface area contributed by atoms with E-state index in [-0.39, 0.29) is 17.5 Å². The Bertz CT molecular complexity index is 773. The Kier molecular flexibility index (Phi) is 7.50. The average Bonchev–Trinajstić information content (AvgIpc) is 2.66. The molecule has 0 aliphatic carbocycles. The molecule has 0 spiro atoms. The van der Waals surface area contributed by atoms with E-state index in [1.807, 2.05) is 6.07 Å². The van der Waals surface area contributed by atoms with Crippen LogP contribution in [0.1, 0.15) is 19.8 Å². The normalized spacial score (nSPS) is 17.0. The van der Waals surface area contributed by atoms with Crippen molar-refractivity contribution in [2.45, 2.75) is 19.8 Å². The number of carbonyl (C=O) groups excluding carboxylic acids is 2. The molecule has 0 aromatic heterocycles. The first-order valence-corrected chi connectivity index (χ1v) is 9.03. The molecule has 1 aromatic carbocycles. The van der Waals surface area contributed by atoms with Gasteiger partial charge in [-0.3, -0.25) is 9.59 Å². The molecular formula is C19H22ClN3O4. The molecule has 1 unspecified atom stereocenters. The van der Waals surface area contributed by atoms with Crippen LogP contribution in [0.2, 0.25) is 5.02 Å². The van der Waals surface area contributed by atoms with Gasteiger partial charge >= 0.3 is 5.97 Å². The van der Waals surface area contributed by atoms with E-state index in [1.54, 1.807) is 30.0 Å². The van der Waals surface area contributed by atoms with E-state index in [4.69, 9.17) is 21.1 Å². The molecule has 1 amide bonds. The van der Waals surface area contributed by atoms with E-state index in [0.29, 0.717) is 36.2 Å². The number of nitrogens with zero attached hydrogens (tertiary/aromatic N) is 2. The molecule has 0 radical (unpaired) electrons. The van der Waals surface area contributed by atoms with Crippen molar-refractivity contribution in [2.24, 2.45) is 5.92 Å². The number of ether oxygens (including phenoxy) is 2. The number of anilines is 1. The SMILES string of the molecule is CCOC(=O)C1CCCN(/C=C(/C#N)C(=O)Nc2cc(Cl)ccc2OC)C1. The van der Waals surface area contributed by atoms with Gasteiger partial charge in [-0.25, -0.2) is 0 Å². The second-order valence-corrected chi connectivity index (χ2v) is 6.48. The molecule has 1 fully saturated rings. The summed E-state index contributed by atoms with van der Waals surface area (Å²) in [7, 11) is 1.48. The number of benzene rings is 1. The Hall–Kier alpha value is -2.72. The Morgan fingerprint density at radius 1 is 1.48 bits per heavy atom. The summed E-state index contributed by atoms with van der Waals surface area (Å²) in [6, 6.07) is 6.72. The summed E-state index contributed by atoms with van der Waals surface area (Å²) in [6.45, 7) is 3.17. The summed E-state index contributed by atoms with van der Waals surface area (Å²) in [4.78, 5) is 26.2. The van der Waals surface area contributed by atoms with Crippen LogP contribution < -0.4 is 10.1 Å². The van der Waals surface area contributed by atoms with E-state index in [2.05, 4.69) is 5.32 Å². The van der Waals surface area contributed by atoms with Crippen molar-refractivity contribution in [2.75, 3.05) is 32.1 Å². The summed E-state index contributed by atoms with van der Waals surface area (Å²) in [6.07, 6.45) is 3.00. The fraction of sp³-hybridized carbons (Fsp3) is 0.421. The van der Waals surface area contributed by atoms with Gasteiger partial charge in [-0.2, -0.15) is 5.26 Å². The van der Waals surface area contributed by atoms with Crippen LogP contribution in [0.15, 0.2) is 30.0 Å². The maximum atomic E-state index is 12.5. The zero-order valence-corrected chi connectivity index (χ0v) is 16.1. The van der Waals surface area contributed by atoms with Crippen molar-refractivity contribution < 1.29 is 19.1 Å². The number of rotatable bonds is 6. The maximum absolute atomic E-state index is 12.5. The number of methoxy groups -OCH3 is 1. The van der Waals surface area contributed by atoms with Crippen LogP contribution in [-0.4, -0.2) is 43.6 Å². The van der Waals surface area contributed by atoms with E-state index in [9.17, 15) is 14.9 Å². The summed E-state index contributed by atoms with van der Waals surface area (Å²) < 4.78 is 10.3. The first-order valence-electron chi connectivity index (χ1n) is 8.66. The average molecular weight is 392 g/mol. The molecule has 1 aromatic rings. The highest BCUT2D eigenvalue weighted by atomic mass is 35.5. The number of nitrogens with one attached hydrogen (secondary N) is 1. The highest BCUT2D eigenvalue weighted by molar-refractivity contribution is 6.31. The first-order chi connectivity index (χ1) is 13.0. The number of nitriles is 1. The van der Waals surface area contributed by atoms with Gasteiger partial charge in [0.1, 0.15) is 17.4 Å². The van der Waals surface area contributed by atoms with E-state index < -0.39 is 5.91 Å². The van der Waals surface area contributed by atoms with Crippen LogP contribution in [0.4, 0.5) is 5.69 Å². The highest BCUT2D eigenvalue weighted by Crippen LogP contribution is 2.28. The van der Waals surface area contributed by atoms with Crippen molar-refractivity contribution in [3.8, 4) is 11.8 Å². The molecule has 27 heavy (non-hydrogen) atoms. The molecule has 1 aliphatic heterocycles. The van der Waals surface area contributed by atoms with Crippen LogP contribution in [0.5, 0.6) is 5.75 Å². The Morgan fingerprint density at radius 3 is 2.93 bits per heavy atom. The van der Waals surface area contributed by atoms with Gasteiger partial charge in [-0.05, 0) is 38.0 Å². The maximum Gasteiger partial charge on any atom is 0.310 e. The van der Waals surface area contributed by atoms with Gasteiger partial charge in [0.25, 0.3) is 5.91 Å². The van der Waals surface area contributed by atoms with Crippen molar-refractivity contribution in [1.29, 1.82) is 5.26 Å². The van der Waals surface area contributed by atoms with Crippen LogP contribution in [0, 0.1) is 17.2 Å². The Morgan fingerprint density at radius 2 is 2.26 bits per heavy atom. The van der Waals surface area contributed by atoms with Gasteiger partial charge in [0.15, 0.2) is 0 Å². The minimum atomic E-state index is -0.573. The smallest absolute Gasteiger partial charge is 0.310 e. The third-order valence-corrected chi connectivity index (χ3v) is 4.39. The van der Waals surface area contributed by atoms with Crippen molar-refractivity contribution in [3.05, 3.63) is 35.0 Å². The number of amides is 1. The minimum Gasteiger partial charge on any atom is -0.495 e. The summed E-state index contributed by atoms with van der Waals surface area (Å²) in [5.41, 5.74) is 0.306. The largest absolute Gasteiger partial charge is 0.495 e. The standard InChI is InChI=1S/C19H22ClN3O4/c1-3-27-19(25)13-5-4-8-23(11-13)12-14(10-21)18(24)22-16-9-15(20)6-7-17(16)26-2/h6-7,9,12-13H,3-5,8,11H2,1-2H3,(H,22,24)/b14-12-.